The van der Waals surface area contributed by atoms with Crippen LogP contribution in [0.3, 0.4) is 0 Å². The number of benzene rings is 1. The number of hydrogen-bond acceptors (Lipinski definition) is 4. The molecule has 0 bridgehead atoms. The Labute approximate surface area is 153 Å². The van der Waals surface area contributed by atoms with Gasteiger partial charge in [0.1, 0.15) is 5.75 Å². The lowest BCUT2D eigenvalue weighted by Gasteiger charge is -2.27. The van der Waals surface area contributed by atoms with Crippen LogP contribution in [0.2, 0.25) is 0 Å². The number of methoxy groups -OCH3 is 1. The van der Waals surface area contributed by atoms with E-state index in [2.05, 4.69) is 45.3 Å². The predicted octanol–water partition coefficient (Wildman–Crippen LogP) is 2.78. The summed E-state index contributed by atoms with van der Waals surface area (Å²) in [7, 11) is 1.72. The summed E-state index contributed by atoms with van der Waals surface area (Å²) in [5.41, 5.74) is 6.37. The van der Waals surface area contributed by atoms with Crippen LogP contribution in [0.4, 0.5) is 0 Å². The van der Waals surface area contributed by atoms with E-state index in [-0.39, 0.29) is 0 Å². The van der Waals surface area contributed by atoms with Gasteiger partial charge in [-0.2, -0.15) is 10.2 Å². The highest BCUT2D eigenvalue weighted by atomic mass is 16.5. The molecule has 0 fully saturated rings. The number of ether oxygens (including phenoxy) is 1. The molecule has 0 aliphatic carbocycles. The largest absolute Gasteiger partial charge is 0.496 e. The molecule has 1 aromatic carbocycles. The molecule has 3 aromatic rings. The van der Waals surface area contributed by atoms with Gasteiger partial charge in [-0.1, -0.05) is 13.0 Å². The number of rotatable bonds is 6. The maximum absolute atomic E-state index is 5.54. The number of nitrogens with zero attached hydrogens (tertiary/aromatic N) is 4. The molecule has 0 saturated heterocycles. The normalized spacial score (nSPS) is 14.4. The molecule has 0 atom stereocenters. The summed E-state index contributed by atoms with van der Waals surface area (Å²) in [6.07, 6.45) is 5.80. The van der Waals surface area contributed by atoms with Gasteiger partial charge in [-0.25, -0.2) is 0 Å². The minimum Gasteiger partial charge on any atom is -0.496 e. The van der Waals surface area contributed by atoms with Crippen molar-refractivity contribution < 1.29 is 4.74 Å². The maximum Gasteiger partial charge on any atom is 0.123 e. The number of hydrogen-bond donors (Lipinski definition) is 1. The summed E-state index contributed by atoms with van der Waals surface area (Å²) in [4.78, 5) is 2.50. The first kappa shape index (κ1) is 16.8. The molecule has 6 nitrogen and oxygen atoms in total. The number of aromatic amines is 1. The Balaban J connectivity index is 1.51. The third-order valence-corrected chi connectivity index (χ3v) is 5.08. The Bertz CT molecular complexity index is 855. The lowest BCUT2D eigenvalue weighted by Crippen LogP contribution is -2.30. The second-order valence-corrected chi connectivity index (χ2v) is 6.79. The van der Waals surface area contributed by atoms with Crippen LogP contribution >= 0.6 is 0 Å². The van der Waals surface area contributed by atoms with Crippen molar-refractivity contribution in [2.75, 3.05) is 13.7 Å². The Morgan fingerprint density at radius 2 is 2.19 bits per heavy atom. The van der Waals surface area contributed by atoms with Crippen molar-refractivity contribution in [2.45, 2.75) is 39.4 Å². The SMILES string of the molecule is CCc1n[nH]c2c1CN(Cc1ccc(OC)c(Cn3cccn3)c1)CC2. The van der Waals surface area contributed by atoms with Crippen molar-refractivity contribution in [2.24, 2.45) is 0 Å². The van der Waals surface area contributed by atoms with Crippen LogP contribution in [0.15, 0.2) is 36.7 Å². The van der Waals surface area contributed by atoms with E-state index in [1.807, 2.05) is 16.9 Å². The van der Waals surface area contributed by atoms with Crippen LogP contribution < -0.4 is 4.74 Å². The molecular formula is C20H25N5O. The Morgan fingerprint density at radius 3 is 2.96 bits per heavy atom. The van der Waals surface area contributed by atoms with Crippen LogP contribution in [0.1, 0.15) is 35.0 Å². The van der Waals surface area contributed by atoms with E-state index in [4.69, 9.17) is 4.74 Å². The summed E-state index contributed by atoms with van der Waals surface area (Å²) < 4.78 is 7.46. The predicted molar refractivity (Wildman–Crippen MR) is 100 cm³/mol. The molecule has 3 heterocycles. The zero-order valence-electron chi connectivity index (χ0n) is 15.4. The Hall–Kier alpha value is -2.60. The number of nitrogens with one attached hydrogen (secondary N) is 1. The van der Waals surface area contributed by atoms with Crippen LogP contribution in [0.5, 0.6) is 5.75 Å². The van der Waals surface area contributed by atoms with Gasteiger partial charge < -0.3 is 4.74 Å². The monoisotopic (exact) mass is 351 g/mol. The van der Waals surface area contributed by atoms with Gasteiger partial charge in [-0.15, -0.1) is 0 Å². The van der Waals surface area contributed by atoms with Crippen molar-refractivity contribution >= 4 is 0 Å². The van der Waals surface area contributed by atoms with Gasteiger partial charge in [-0.05, 0) is 30.2 Å². The number of aromatic nitrogens is 4. The van der Waals surface area contributed by atoms with Crippen molar-refractivity contribution in [3.63, 3.8) is 0 Å². The van der Waals surface area contributed by atoms with Crippen LogP contribution in [0.25, 0.3) is 0 Å². The van der Waals surface area contributed by atoms with Crippen LogP contribution in [0, 0.1) is 0 Å². The van der Waals surface area contributed by atoms with E-state index in [0.29, 0.717) is 0 Å². The number of fused-ring (bicyclic) bond motifs is 1. The van der Waals surface area contributed by atoms with Crippen molar-refractivity contribution in [1.82, 2.24) is 24.9 Å². The molecular weight excluding hydrogens is 326 g/mol. The zero-order valence-corrected chi connectivity index (χ0v) is 15.4. The summed E-state index contributed by atoms with van der Waals surface area (Å²) >= 11 is 0. The van der Waals surface area contributed by atoms with Gasteiger partial charge in [0, 0.05) is 55.3 Å². The molecule has 1 aliphatic rings. The molecule has 2 aromatic heterocycles. The van der Waals surface area contributed by atoms with Crippen molar-refractivity contribution in [3.8, 4) is 5.75 Å². The highest BCUT2D eigenvalue weighted by molar-refractivity contribution is 5.37. The van der Waals surface area contributed by atoms with Gasteiger partial charge >= 0.3 is 0 Å². The topological polar surface area (TPSA) is 59.0 Å². The summed E-state index contributed by atoms with van der Waals surface area (Å²) in [6, 6.07) is 8.42. The fourth-order valence-electron chi connectivity index (χ4n) is 3.72. The van der Waals surface area contributed by atoms with Crippen molar-refractivity contribution in [3.05, 3.63) is 64.7 Å². The van der Waals surface area contributed by atoms with E-state index in [0.717, 1.165) is 50.3 Å². The van der Waals surface area contributed by atoms with Gasteiger partial charge in [0.05, 0.1) is 19.3 Å². The lowest BCUT2D eigenvalue weighted by molar-refractivity contribution is 0.244. The summed E-state index contributed by atoms with van der Waals surface area (Å²) in [5, 5.41) is 12.0. The molecule has 4 rings (SSSR count). The smallest absolute Gasteiger partial charge is 0.123 e. The molecule has 6 heteroatoms. The fourth-order valence-corrected chi connectivity index (χ4v) is 3.72. The quantitative estimate of drug-likeness (QED) is 0.742. The molecule has 1 N–H and O–H groups in total. The first-order valence-electron chi connectivity index (χ1n) is 9.17. The third-order valence-electron chi connectivity index (χ3n) is 5.08. The van der Waals surface area contributed by atoms with Gasteiger partial charge in [0.2, 0.25) is 0 Å². The van der Waals surface area contributed by atoms with Gasteiger partial charge in [0.25, 0.3) is 0 Å². The first-order valence-corrected chi connectivity index (χ1v) is 9.17. The second kappa shape index (κ2) is 7.33. The van der Waals surface area contributed by atoms with Crippen molar-refractivity contribution in [1.29, 1.82) is 0 Å². The number of H-pyrrole nitrogens is 1. The van der Waals surface area contributed by atoms with E-state index in [1.54, 1.807) is 13.3 Å². The first-order chi connectivity index (χ1) is 12.8. The van der Waals surface area contributed by atoms with E-state index in [1.165, 1.54) is 22.5 Å². The highest BCUT2D eigenvalue weighted by Gasteiger charge is 2.21. The lowest BCUT2D eigenvalue weighted by atomic mass is 10.0. The van der Waals surface area contributed by atoms with Crippen LogP contribution in [-0.4, -0.2) is 38.5 Å². The van der Waals surface area contributed by atoms with E-state index in [9.17, 15) is 0 Å². The van der Waals surface area contributed by atoms with Crippen LogP contribution in [-0.2, 0) is 32.5 Å². The third kappa shape index (κ3) is 3.37. The average Bonchev–Trinajstić information content (AvgIpc) is 3.31. The van der Waals surface area contributed by atoms with Gasteiger partial charge in [0.15, 0.2) is 0 Å². The molecule has 136 valence electrons. The fraction of sp³-hybridized carbons (Fsp3) is 0.400. The number of aryl methyl sites for hydroxylation is 1. The molecule has 0 amide bonds. The highest BCUT2D eigenvalue weighted by Crippen LogP contribution is 2.25. The molecule has 0 spiro atoms. The van der Waals surface area contributed by atoms with E-state index < -0.39 is 0 Å². The standard InChI is InChI=1S/C20H25N5O/c1-3-18-17-14-24(10-7-19(17)23-22-18)12-15-5-6-20(26-2)16(11-15)13-25-9-4-8-21-25/h4-6,8-9,11H,3,7,10,12-14H2,1-2H3,(H,22,23). The summed E-state index contributed by atoms with van der Waals surface area (Å²) in [5.74, 6) is 0.910. The maximum atomic E-state index is 5.54. The molecule has 0 unspecified atom stereocenters. The Kier molecular flexibility index (Phi) is 4.75. The molecule has 26 heavy (non-hydrogen) atoms. The zero-order chi connectivity index (χ0) is 17.9. The molecule has 1 aliphatic heterocycles. The Morgan fingerprint density at radius 1 is 1.27 bits per heavy atom. The van der Waals surface area contributed by atoms with Gasteiger partial charge in [-0.3, -0.25) is 14.7 Å². The summed E-state index contributed by atoms with van der Waals surface area (Å²) in [6.45, 7) is 5.84. The van der Waals surface area contributed by atoms with E-state index >= 15 is 0 Å². The molecule has 0 radical (unpaired) electrons. The minimum atomic E-state index is 0.718. The second-order valence-electron chi connectivity index (χ2n) is 6.79. The average molecular weight is 351 g/mol. The molecule has 0 saturated carbocycles. The minimum absolute atomic E-state index is 0.718.